The maximum Gasteiger partial charge on any atom is 0.124 e. The maximum absolute atomic E-state index is 9.77. The molecule has 1 aliphatic heterocycles. The molecule has 0 radical (unpaired) electrons. The molecule has 0 fully saturated rings. The molecule has 1 heterocycles. The van der Waals surface area contributed by atoms with Gasteiger partial charge in [0.2, 0.25) is 0 Å². The van der Waals surface area contributed by atoms with Crippen molar-refractivity contribution in [2.24, 2.45) is 0 Å². The average molecular weight is 293 g/mol. The van der Waals surface area contributed by atoms with Gasteiger partial charge in [0.25, 0.3) is 0 Å². The fourth-order valence-corrected chi connectivity index (χ4v) is 2.72. The lowest BCUT2D eigenvalue weighted by atomic mass is 10.1. The molecule has 4 heteroatoms. The van der Waals surface area contributed by atoms with Gasteiger partial charge in [-0.05, 0) is 32.4 Å². The van der Waals surface area contributed by atoms with Crippen molar-refractivity contribution in [1.29, 1.82) is 0 Å². The van der Waals surface area contributed by atoms with Crippen molar-refractivity contribution >= 4 is 0 Å². The van der Waals surface area contributed by atoms with Gasteiger partial charge in [-0.1, -0.05) is 13.3 Å². The van der Waals surface area contributed by atoms with Gasteiger partial charge in [0.05, 0.1) is 12.7 Å². The molecule has 0 aromatic heterocycles. The predicted octanol–water partition coefficient (Wildman–Crippen LogP) is 2.66. The van der Waals surface area contributed by atoms with E-state index in [0.717, 1.165) is 36.3 Å². The first-order valence-corrected chi connectivity index (χ1v) is 7.98. The van der Waals surface area contributed by atoms with Crippen LogP contribution in [0.4, 0.5) is 0 Å². The van der Waals surface area contributed by atoms with Crippen molar-refractivity contribution in [2.45, 2.75) is 58.8 Å². The van der Waals surface area contributed by atoms with Crippen LogP contribution in [-0.4, -0.2) is 30.5 Å². The summed E-state index contributed by atoms with van der Waals surface area (Å²) in [6, 6.07) is 4.17. The Bertz CT molecular complexity index is 462. The summed E-state index contributed by atoms with van der Waals surface area (Å²) in [5, 5.41) is 13.1. The second-order valence-corrected chi connectivity index (χ2v) is 5.71. The van der Waals surface area contributed by atoms with Gasteiger partial charge >= 0.3 is 0 Å². The van der Waals surface area contributed by atoms with E-state index in [1.807, 2.05) is 6.92 Å². The Hall–Kier alpha value is -1.26. The maximum atomic E-state index is 9.77. The normalized spacial score (nSPS) is 18.2. The highest BCUT2D eigenvalue weighted by atomic mass is 16.5. The summed E-state index contributed by atoms with van der Waals surface area (Å²) in [6.07, 6.45) is 2.73. The molecule has 0 saturated carbocycles. The summed E-state index contributed by atoms with van der Waals surface area (Å²) in [5.41, 5.74) is 2.31. The zero-order valence-corrected chi connectivity index (χ0v) is 13.3. The molecule has 1 aromatic carbocycles. The zero-order valence-electron chi connectivity index (χ0n) is 13.3. The molecular weight excluding hydrogens is 266 g/mol. The fourth-order valence-electron chi connectivity index (χ4n) is 2.72. The molecule has 4 nitrogen and oxygen atoms in total. The van der Waals surface area contributed by atoms with Crippen LogP contribution < -0.4 is 14.8 Å². The van der Waals surface area contributed by atoms with Gasteiger partial charge in [0, 0.05) is 30.6 Å². The Morgan fingerprint density at radius 3 is 2.95 bits per heavy atom. The van der Waals surface area contributed by atoms with E-state index in [2.05, 4.69) is 31.3 Å². The van der Waals surface area contributed by atoms with Crippen LogP contribution in [0.1, 0.15) is 44.7 Å². The number of aliphatic hydroxyl groups excluding tert-OH is 1. The molecule has 0 bridgehead atoms. The van der Waals surface area contributed by atoms with Gasteiger partial charge in [-0.25, -0.2) is 0 Å². The number of ether oxygens (including phenoxy) is 2. The quantitative estimate of drug-likeness (QED) is 0.773. The van der Waals surface area contributed by atoms with Gasteiger partial charge in [0.15, 0.2) is 0 Å². The monoisotopic (exact) mass is 293 g/mol. The van der Waals surface area contributed by atoms with Crippen molar-refractivity contribution in [3.8, 4) is 11.5 Å². The van der Waals surface area contributed by atoms with Gasteiger partial charge in [0.1, 0.15) is 17.6 Å². The standard InChI is InChI=1S/C17H27NO3/c1-4-6-15(19)11-18-10-14-9-17-13(7-12(3)21-17)8-16(14)20-5-2/h8-9,12,15,18-19H,4-7,10-11H2,1-3H3. The van der Waals surface area contributed by atoms with Crippen LogP contribution in [0.25, 0.3) is 0 Å². The Balaban J connectivity index is 2.02. The van der Waals surface area contributed by atoms with Crippen LogP contribution in [0.15, 0.2) is 12.1 Å². The Morgan fingerprint density at radius 1 is 1.43 bits per heavy atom. The second-order valence-electron chi connectivity index (χ2n) is 5.71. The molecule has 2 atom stereocenters. The van der Waals surface area contributed by atoms with E-state index in [-0.39, 0.29) is 12.2 Å². The number of fused-ring (bicyclic) bond motifs is 1. The summed E-state index contributed by atoms with van der Waals surface area (Å²) in [5.74, 6) is 1.89. The van der Waals surface area contributed by atoms with Gasteiger partial charge < -0.3 is 19.9 Å². The molecule has 0 amide bonds. The minimum absolute atomic E-state index is 0.240. The second kappa shape index (κ2) is 7.66. The van der Waals surface area contributed by atoms with Crippen molar-refractivity contribution in [3.63, 3.8) is 0 Å². The Labute approximate surface area is 127 Å². The summed E-state index contributed by atoms with van der Waals surface area (Å²) in [6.45, 7) is 8.10. The fraction of sp³-hybridized carbons (Fsp3) is 0.647. The summed E-state index contributed by atoms with van der Waals surface area (Å²) in [4.78, 5) is 0. The Kier molecular flexibility index (Phi) is 5.88. The smallest absolute Gasteiger partial charge is 0.124 e. The van der Waals surface area contributed by atoms with E-state index in [0.29, 0.717) is 19.7 Å². The van der Waals surface area contributed by atoms with Crippen molar-refractivity contribution < 1.29 is 14.6 Å². The summed E-state index contributed by atoms with van der Waals surface area (Å²) < 4.78 is 11.6. The molecular formula is C17H27NO3. The number of rotatable bonds is 8. The molecule has 0 aliphatic carbocycles. The highest BCUT2D eigenvalue weighted by Gasteiger charge is 2.21. The van der Waals surface area contributed by atoms with E-state index in [9.17, 15) is 5.11 Å². The highest BCUT2D eigenvalue weighted by Crippen LogP contribution is 2.35. The molecule has 1 aromatic rings. The number of hydrogen-bond donors (Lipinski definition) is 2. The van der Waals surface area contributed by atoms with E-state index in [1.54, 1.807) is 0 Å². The molecule has 2 rings (SSSR count). The van der Waals surface area contributed by atoms with Crippen LogP contribution in [0, 0.1) is 0 Å². The van der Waals surface area contributed by atoms with Crippen molar-refractivity contribution in [3.05, 3.63) is 23.3 Å². The first-order chi connectivity index (χ1) is 10.1. The lowest BCUT2D eigenvalue weighted by molar-refractivity contribution is 0.160. The Morgan fingerprint density at radius 2 is 2.24 bits per heavy atom. The number of hydrogen-bond acceptors (Lipinski definition) is 4. The van der Waals surface area contributed by atoms with E-state index in [4.69, 9.17) is 9.47 Å². The van der Waals surface area contributed by atoms with Crippen LogP contribution in [0.3, 0.4) is 0 Å². The minimum atomic E-state index is -0.281. The molecule has 2 unspecified atom stereocenters. The van der Waals surface area contributed by atoms with Crippen molar-refractivity contribution in [1.82, 2.24) is 5.32 Å². The van der Waals surface area contributed by atoms with E-state index >= 15 is 0 Å². The third kappa shape index (κ3) is 4.35. The minimum Gasteiger partial charge on any atom is -0.494 e. The SMILES string of the molecule is CCCC(O)CNCc1cc2c(cc1OCC)CC(C)O2. The molecule has 1 aliphatic rings. The van der Waals surface area contributed by atoms with Crippen LogP contribution >= 0.6 is 0 Å². The topological polar surface area (TPSA) is 50.7 Å². The molecule has 21 heavy (non-hydrogen) atoms. The number of benzene rings is 1. The van der Waals surface area contributed by atoms with Crippen LogP contribution in [-0.2, 0) is 13.0 Å². The predicted molar refractivity (Wildman–Crippen MR) is 84.0 cm³/mol. The highest BCUT2D eigenvalue weighted by molar-refractivity contribution is 5.48. The van der Waals surface area contributed by atoms with Crippen LogP contribution in [0.2, 0.25) is 0 Å². The molecule has 0 saturated heterocycles. The van der Waals surface area contributed by atoms with E-state index < -0.39 is 0 Å². The number of nitrogens with one attached hydrogen (secondary N) is 1. The average Bonchev–Trinajstić information content (AvgIpc) is 2.78. The third-order valence-electron chi connectivity index (χ3n) is 3.70. The lowest BCUT2D eigenvalue weighted by Gasteiger charge is -2.15. The summed E-state index contributed by atoms with van der Waals surface area (Å²) in [7, 11) is 0. The first-order valence-electron chi connectivity index (χ1n) is 7.98. The molecule has 0 spiro atoms. The molecule has 2 N–H and O–H groups in total. The lowest BCUT2D eigenvalue weighted by Crippen LogP contribution is -2.26. The van der Waals surface area contributed by atoms with Gasteiger partial charge in [-0.2, -0.15) is 0 Å². The molecule has 118 valence electrons. The third-order valence-corrected chi connectivity index (χ3v) is 3.70. The van der Waals surface area contributed by atoms with E-state index in [1.165, 1.54) is 5.56 Å². The zero-order chi connectivity index (χ0) is 15.2. The van der Waals surface area contributed by atoms with Gasteiger partial charge in [-0.15, -0.1) is 0 Å². The largest absolute Gasteiger partial charge is 0.494 e. The van der Waals surface area contributed by atoms with Crippen LogP contribution in [0.5, 0.6) is 11.5 Å². The van der Waals surface area contributed by atoms with Gasteiger partial charge in [-0.3, -0.25) is 0 Å². The number of aliphatic hydroxyl groups is 1. The first kappa shape index (κ1) is 16.1. The van der Waals surface area contributed by atoms with Crippen molar-refractivity contribution in [2.75, 3.05) is 13.2 Å². The summed E-state index contributed by atoms with van der Waals surface area (Å²) >= 11 is 0.